The van der Waals surface area contributed by atoms with Crippen molar-refractivity contribution in [1.82, 2.24) is 4.98 Å². The highest BCUT2D eigenvalue weighted by molar-refractivity contribution is 7.99. The third kappa shape index (κ3) is 4.77. The highest BCUT2D eigenvalue weighted by Gasteiger charge is 2.19. The molecule has 0 fully saturated rings. The van der Waals surface area contributed by atoms with E-state index in [0.29, 0.717) is 21.5 Å². The van der Waals surface area contributed by atoms with Gasteiger partial charge in [-0.2, -0.15) is 0 Å². The number of para-hydroxylation sites is 2. The maximum atomic E-state index is 12.1. The molecule has 0 saturated carbocycles. The van der Waals surface area contributed by atoms with Crippen LogP contribution in [0.15, 0.2) is 58.2 Å². The minimum absolute atomic E-state index is 0.0123. The molecule has 0 bridgehead atoms. The summed E-state index contributed by atoms with van der Waals surface area (Å²) in [7, 11) is 0. The van der Waals surface area contributed by atoms with Crippen LogP contribution in [0.2, 0.25) is 5.02 Å². The van der Waals surface area contributed by atoms with Gasteiger partial charge in [-0.25, -0.2) is 4.98 Å². The molecule has 0 radical (unpaired) electrons. The van der Waals surface area contributed by atoms with E-state index in [1.165, 1.54) is 6.92 Å². The molecule has 0 aliphatic heterocycles. The van der Waals surface area contributed by atoms with E-state index in [-0.39, 0.29) is 5.75 Å². The molecule has 6 nitrogen and oxygen atoms in total. The molecule has 0 aliphatic rings. The number of carbonyl (C=O) groups excluding carboxylic acids is 2. The summed E-state index contributed by atoms with van der Waals surface area (Å²) >= 11 is 6.98. The quantitative estimate of drug-likeness (QED) is 0.503. The van der Waals surface area contributed by atoms with Crippen LogP contribution in [-0.4, -0.2) is 28.7 Å². The van der Waals surface area contributed by atoms with Crippen molar-refractivity contribution in [2.24, 2.45) is 0 Å². The number of carbonyl (C=O) groups is 2. The van der Waals surface area contributed by atoms with Gasteiger partial charge in [-0.15, -0.1) is 0 Å². The number of halogens is 1. The van der Waals surface area contributed by atoms with Gasteiger partial charge in [0.25, 0.3) is 11.1 Å². The highest BCUT2D eigenvalue weighted by Crippen LogP contribution is 2.23. The van der Waals surface area contributed by atoms with Crippen molar-refractivity contribution in [3.05, 3.63) is 53.6 Å². The number of fused-ring (bicyclic) bond motifs is 1. The fraction of sp³-hybridized carbons (Fsp3) is 0.167. The van der Waals surface area contributed by atoms with Crippen molar-refractivity contribution < 1.29 is 18.7 Å². The minimum Gasteiger partial charge on any atom is -0.452 e. The van der Waals surface area contributed by atoms with Gasteiger partial charge in [0.2, 0.25) is 0 Å². The number of rotatable bonds is 6. The van der Waals surface area contributed by atoms with Gasteiger partial charge in [0.1, 0.15) is 11.3 Å². The van der Waals surface area contributed by atoms with Crippen LogP contribution in [0.5, 0.6) is 0 Å². The summed E-state index contributed by atoms with van der Waals surface area (Å²) in [4.78, 5) is 28.3. The second-order valence-electron chi connectivity index (χ2n) is 5.37. The van der Waals surface area contributed by atoms with Crippen LogP contribution in [0.3, 0.4) is 0 Å². The van der Waals surface area contributed by atoms with Gasteiger partial charge < -0.3 is 14.5 Å². The molecular weight excluding hydrogens is 376 g/mol. The molecule has 1 N–H and O–H groups in total. The van der Waals surface area contributed by atoms with E-state index < -0.39 is 18.0 Å². The normalized spacial score (nSPS) is 11.9. The third-order valence-corrected chi connectivity index (χ3v) is 4.39. The minimum atomic E-state index is -0.939. The molecule has 3 rings (SSSR count). The summed E-state index contributed by atoms with van der Waals surface area (Å²) < 4.78 is 10.6. The van der Waals surface area contributed by atoms with Crippen LogP contribution in [0.1, 0.15) is 6.92 Å². The number of hydrogen-bond acceptors (Lipinski definition) is 6. The zero-order valence-corrected chi connectivity index (χ0v) is 15.3. The van der Waals surface area contributed by atoms with Crippen molar-refractivity contribution >= 4 is 52.0 Å². The van der Waals surface area contributed by atoms with Gasteiger partial charge >= 0.3 is 5.97 Å². The average molecular weight is 391 g/mol. The lowest BCUT2D eigenvalue weighted by molar-refractivity contribution is -0.150. The molecule has 1 amide bonds. The molecule has 8 heteroatoms. The van der Waals surface area contributed by atoms with E-state index in [0.717, 1.165) is 17.3 Å². The molecular formula is C18H15ClN2O4S. The molecule has 2 aromatic carbocycles. The Kier molecular flexibility index (Phi) is 5.80. The molecule has 1 aromatic heterocycles. The van der Waals surface area contributed by atoms with E-state index >= 15 is 0 Å². The lowest BCUT2D eigenvalue weighted by Crippen LogP contribution is -2.30. The van der Waals surface area contributed by atoms with Crippen LogP contribution in [0, 0.1) is 0 Å². The van der Waals surface area contributed by atoms with Gasteiger partial charge in [-0.05, 0) is 37.3 Å². The molecule has 1 atom stereocenters. The fourth-order valence-electron chi connectivity index (χ4n) is 2.13. The standard InChI is InChI=1S/C18H15ClN2O4S/c1-11(17(23)20-13-6-4-5-12(19)9-13)24-16(22)10-26-18-21-14-7-2-3-8-15(14)25-18/h2-9,11H,10H2,1H3,(H,20,23)/t11-/m1/s1. The Morgan fingerprint density at radius 3 is 2.85 bits per heavy atom. The Bertz CT molecular complexity index is 911. The number of nitrogens with one attached hydrogen (secondary N) is 1. The van der Waals surface area contributed by atoms with Gasteiger partial charge in [0, 0.05) is 10.7 Å². The maximum Gasteiger partial charge on any atom is 0.317 e. The van der Waals surface area contributed by atoms with Crippen molar-refractivity contribution in [3.8, 4) is 0 Å². The first-order valence-corrected chi connectivity index (χ1v) is 9.12. The van der Waals surface area contributed by atoms with E-state index in [1.54, 1.807) is 30.3 Å². The summed E-state index contributed by atoms with van der Waals surface area (Å²) in [6.45, 7) is 1.50. The average Bonchev–Trinajstić information content (AvgIpc) is 3.03. The number of nitrogens with zero attached hydrogens (tertiary/aromatic N) is 1. The van der Waals surface area contributed by atoms with Crippen LogP contribution < -0.4 is 5.32 Å². The van der Waals surface area contributed by atoms with Crippen LogP contribution in [-0.2, 0) is 14.3 Å². The zero-order valence-electron chi connectivity index (χ0n) is 13.8. The number of amides is 1. The van der Waals surface area contributed by atoms with Gasteiger partial charge in [0.05, 0.1) is 0 Å². The van der Waals surface area contributed by atoms with Gasteiger partial charge in [-0.1, -0.05) is 41.6 Å². The summed E-state index contributed by atoms with van der Waals surface area (Å²) in [5.74, 6) is -0.986. The van der Waals surface area contributed by atoms with Gasteiger partial charge in [-0.3, -0.25) is 9.59 Å². The zero-order chi connectivity index (χ0) is 18.5. The number of hydrogen-bond donors (Lipinski definition) is 1. The monoisotopic (exact) mass is 390 g/mol. The van der Waals surface area contributed by atoms with Crippen LogP contribution >= 0.6 is 23.4 Å². The predicted molar refractivity (Wildman–Crippen MR) is 100 cm³/mol. The number of anilines is 1. The van der Waals surface area contributed by atoms with Gasteiger partial charge in [0.15, 0.2) is 11.7 Å². The number of oxazole rings is 1. The smallest absolute Gasteiger partial charge is 0.317 e. The molecule has 1 heterocycles. The van der Waals surface area contributed by atoms with E-state index in [2.05, 4.69) is 10.3 Å². The SMILES string of the molecule is C[C@@H](OC(=O)CSc1nc2ccccc2o1)C(=O)Nc1cccc(Cl)c1. The largest absolute Gasteiger partial charge is 0.452 e. The van der Waals surface area contributed by atoms with Crippen LogP contribution in [0.25, 0.3) is 11.1 Å². The van der Waals surface area contributed by atoms with Crippen molar-refractivity contribution in [1.29, 1.82) is 0 Å². The lowest BCUT2D eigenvalue weighted by Gasteiger charge is -2.13. The third-order valence-electron chi connectivity index (χ3n) is 3.36. The lowest BCUT2D eigenvalue weighted by atomic mass is 10.3. The summed E-state index contributed by atoms with van der Waals surface area (Å²) in [5.41, 5.74) is 1.90. The topological polar surface area (TPSA) is 81.4 Å². The second-order valence-corrected chi connectivity index (χ2v) is 6.73. The van der Waals surface area contributed by atoms with E-state index in [1.807, 2.05) is 18.2 Å². The first-order valence-electron chi connectivity index (χ1n) is 7.75. The Labute approximate surface area is 158 Å². The van der Waals surface area contributed by atoms with E-state index in [9.17, 15) is 9.59 Å². The molecule has 134 valence electrons. The maximum absolute atomic E-state index is 12.1. The molecule has 26 heavy (non-hydrogen) atoms. The van der Waals surface area contributed by atoms with Crippen molar-refractivity contribution in [2.45, 2.75) is 18.3 Å². The number of aromatic nitrogens is 1. The number of thioether (sulfide) groups is 1. The van der Waals surface area contributed by atoms with Crippen molar-refractivity contribution in [2.75, 3.05) is 11.1 Å². The Morgan fingerprint density at radius 1 is 1.27 bits per heavy atom. The Balaban J connectivity index is 1.49. The molecule has 0 saturated heterocycles. The second kappa shape index (κ2) is 8.25. The summed E-state index contributed by atoms with van der Waals surface area (Å²) in [6, 6.07) is 14.0. The summed E-state index contributed by atoms with van der Waals surface area (Å²) in [6.07, 6.45) is -0.939. The first kappa shape index (κ1) is 18.3. The molecule has 0 spiro atoms. The number of benzene rings is 2. The molecule has 3 aromatic rings. The predicted octanol–water partition coefficient (Wildman–Crippen LogP) is 4.14. The highest BCUT2D eigenvalue weighted by atomic mass is 35.5. The fourth-order valence-corrected chi connectivity index (χ4v) is 2.94. The molecule has 0 aliphatic carbocycles. The van der Waals surface area contributed by atoms with Crippen molar-refractivity contribution in [3.63, 3.8) is 0 Å². The van der Waals surface area contributed by atoms with Crippen LogP contribution in [0.4, 0.5) is 5.69 Å². The Hall–Kier alpha value is -2.51. The molecule has 0 unspecified atom stereocenters. The Morgan fingerprint density at radius 2 is 2.08 bits per heavy atom. The number of ether oxygens (including phenoxy) is 1. The number of esters is 1. The van der Waals surface area contributed by atoms with E-state index in [4.69, 9.17) is 20.8 Å². The first-order chi connectivity index (χ1) is 12.5. The summed E-state index contributed by atoms with van der Waals surface area (Å²) in [5, 5.41) is 3.52.